The number of rotatable bonds is 7. The number of hydrogen-bond donors (Lipinski definition) is 2. The first-order valence-corrected chi connectivity index (χ1v) is 13.1. The molecule has 2 aromatic heterocycles. The molecule has 6 nitrogen and oxygen atoms in total. The van der Waals surface area contributed by atoms with E-state index in [9.17, 15) is 9.59 Å². The number of carbonyl (C=O) groups is 2. The van der Waals surface area contributed by atoms with E-state index in [0.29, 0.717) is 27.7 Å². The summed E-state index contributed by atoms with van der Waals surface area (Å²) in [6.45, 7) is 2.20. The number of nitrogens with two attached hydrogens (primary N) is 1. The molecule has 0 saturated carbocycles. The molecule has 0 fully saturated rings. The van der Waals surface area contributed by atoms with Crippen molar-refractivity contribution in [2.45, 2.75) is 39.0 Å². The number of para-hydroxylation sites is 1. The van der Waals surface area contributed by atoms with E-state index in [1.165, 1.54) is 22.6 Å². The Kier molecular flexibility index (Phi) is 6.74. The van der Waals surface area contributed by atoms with Gasteiger partial charge in [-0.3, -0.25) is 9.59 Å². The van der Waals surface area contributed by atoms with E-state index in [1.54, 1.807) is 13.2 Å². The van der Waals surface area contributed by atoms with Gasteiger partial charge in [-0.2, -0.15) is 0 Å². The molecule has 1 aliphatic carbocycles. The van der Waals surface area contributed by atoms with Crippen molar-refractivity contribution in [1.82, 2.24) is 4.98 Å². The maximum atomic E-state index is 13.7. The molecule has 2 amide bonds. The van der Waals surface area contributed by atoms with Crippen LogP contribution in [-0.4, -0.2) is 23.9 Å². The molecule has 0 bridgehead atoms. The Hall–Kier alpha value is -3.71. The summed E-state index contributed by atoms with van der Waals surface area (Å²) in [5.74, 6) is 0.589. The van der Waals surface area contributed by atoms with Crippen LogP contribution in [-0.2, 0) is 12.8 Å². The molecule has 2 aromatic carbocycles. The standard InChI is InChI=1S/C29H29N3O3S/c1-3-6-17-9-14-21-25(15-17)36-29(26(21)27(30)33)32-28(34)22-16-24(18-10-12-19(35-2)13-11-18)31-23-8-5-4-7-20(22)23/h4-5,7-8,10-13,16-17H,3,6,9,14-15H2,1-2H3,(H2,30,33)(H,32,34)/t17-/m0/s1. The average molecular weight is 500 g/mol. The topological polar surface area (TPSA) is 94.3 Å². The zero-order valence-electron chi connectivity index (χ0n) is 20.5. The normalized spacial score (nSPS) is 14.9. The number of fused-ring (bicyclic) bond motifs is 2. The highest BCUT2D eigenvalue weighted by Crippen LogP contribution is 2.41. The number of primary amides is 1. The molecule has 1 aliphatic rings. The van der Waals surface area contributed by atoms with Gasteiger partial charge in [0.05, 0.1) is 29.4 Å². The molecule has 0 saturated heterocycles. The van der Waals surface area contributed by atoms with Gasteiger partial charge in [0, 0.05) is 15.8 Å². The quantitative estimate of drug-likeness (QED) is 0.315. The summed E-state index contributed by atoms with van der Waals surface area (Å²) in [7, 11) is 1.62. The van der Waals surface area contributed by atoms with Crippen molar-refractivity contribution in [2.75, 3.05) is 12.4 Å². The van der Waals surface area contributed by atoms with Gasteiger partial charge in [-0.05, 0) is 67.1 Å². The lowest BCUT2D eigenvalue weighted by atomic mass is 9.84. The zero-order valence-corrected chi connectivity index (χ0v) is 21.3. The molecule has 0 unspecified atom stereocenters. The highest BCUT2D eigenvalue weighted by molar-refractivity contribution is 7.17. The van der Waals surface area contributed by atoms with Crippen molar-refractivity contribution in [3.63, 3.8) is 0 Å². The third kappa shape index (κ3) is 4.58. The van der Waals surface area contributed by atoms with E-state index in [-0.39, 0.29) is 5.91 Å². The number of nitrogens with zero attached hydrogens (tertiary/aromatic N) is 1. The van der Waals surface area contributed by atoms with Crippen molar-refractivity contribution >= 4 is 39.1 Å². The summed E-state index contributed by atoms with van der Waals surface area (Å²) >= 11 is 1.49. The first kappa shape index (κ1) is 24.0. The summed E-state index contributed by atoms with van der Waals surface area (Å²) in [4.78, 5) is 32.1. The lowest BCUT2D eigenvalue weighted by Crippen LogP contribution is -2.20. The Morgan fingerprint density at radius 2 is 1.94 bits per heavy atom. The van der Waals surface area contributed by atoms with Crippen LogP contribution in [0.3, 0.4) is 0 Å². The molecule has 7 heteroatoms. The molecule has 3 N–H and O–H groups in total. The molecule has 1 atom stereocenters. The summed E-state index contributed by atoms with van der Waals surface area (Å²) in [6, 6.07) is 16.9. The Labute approximate surface area is 214 Å². The van der Waals surface area contributed by atoms with E-state index in [2.05, 4.69) is 12.2 Å². The van der Waals surface area contributed by atoms with Crippen LogP contribution >= 0.6 is 11.3 Å². The zero-order chi connectivity index (χ0) is 25.2. The van der Waals surface area contributed by atoms with Gasteiger partial charge in [0.2, 0.25) is 0 Å². The van der Waals surface area contributed by atoms with Crippen molar-refractivity contribution in [1.29, 1.82) is 0 Å². The Morgan fingerprint density at radius 1 is 1.17 bits per heavy atom. The minimum atomic E-state index is -0.491. The number of amides is 2. The molecule has 5 rings (SSSR count). The fourth-order valence-electron chi connectivity index (χ4n) is 5.10. The van der Waals surface area contributed by atoms with Crippen molar-refractivity contribution in [3.8, 4) is 17.0 Å². The van der Waals surface area contributed by atoms with Gasteiger partial charge in [0.25, 0.3) is 11.8 Å². The maximum Gasteiger partial charge on any atom is 0.257 e. The van der Waals surface area contributed by atoms with Crippen LogP contribution in [0.15, 0.2) is 54.6 Å². The van der Waals surface area contributed by atoms with Crippen molar-refractivity contribution in [2.24, 2.45) is 11.7 Å². The minimum absolute atomic E-state index is 0.283. The minimum Gasteiger partial charge on any atom is -0.497 e. The summed E-state index contributed by atoms with van der Waals surface area (Å²) in [5.41, 5.74) is 10.1. The lowest BCUT2D eigenvalue weighted by molar-refractivity contribution is 0.1000. The number of hydrogen-bond acceptors (Lipinski definition) is 5. The highest BCUT2D eigenvalue weighted by Gasteiger charge is 2.29. The van der Waals surface area contributed by atoms with Gasteiger partial charge >= 0.3 is 0 Å². The van der Waals surface area contributed by atoms with Crippen LogP contribution in [0.4, 0.5) is 5.00 Å². The van der Waals surface area contributed by atoms with Gasteiger partial charge in [0.1, 0.15) is 10.8 Å². The van der Waals surface area contributed by atoms with E-state index in [0.717, 1.165) is 53.5 Å². The number of benzene rings is 2. The number of pyridine rings is 1. The molecule has 184 valence electrons. The third-order valence-electron chi connectivity index (χ3n) is 6.88. The second-order valence-corrected chi connectivity index (χ2v) is 10.3. The van der Waals surface area contributed by atoms with Crippen LogP contribution in [0.1, 0.15) is 57.3 Å². The van der Waals surface area contributed by atoms with E-state index in [1.807, 2.05) is 48.5 Å². The van der Waals surface area contributed by atoms with Crippen molar-refractivity contribution in [3.05, 3.63) is 76.2 Å². The van der Waals surface area contributed by atoms with Gasteiger partial charge < -0.3 is 15.8 Å². The van der Waals surface area contributed by atoms with Crippen LogP contribution < -0.4 is 15.8 Å². The predicted octanol–water partition coefficient (Wildman–Crippen LogP) is 6.23. The molecule has 0 aliphatic heterocycles. The molecule has 2 heterocycles. The van der Waals surface area contributed by atoms with Gasteiger partial charge in [-0.1, -0.05) is 38.0 Å². The second-order valence-electron chi connectivity index (χ2n) is 9.22. The van der Waals surface area contributed by atoms with Crippen molar-refractivity contribution < 1.29 is 14.3 Å². The molecule has 36 heavy (non-hydrogen) atoms. The highest BCUT2D eigenvalue weighted by atomic mass is 32.1. The smallest absolute Gasteiger partial charge is 0.257 e. The summed E-state index contributed by atoms with van der Waals surface area (Å²) in [6.07, 6.45) is 5.12. The fourth-order valence-corrected chi connectivity index (χ4v) is 6.46. The monoisotopic (exact) mass is 499 g/mol. The number of nitrogens with one attached hydrogen (secondary N) is 1. The Bertz CT molecular complexity index is 1440. The first-order chi connectivity index (χ1) is 17.5. The Balaban J connectivity index is 1.53. The number of aromatic nitrogens is 1. The van der Waals surface area contributed by atoms with Crippen LogP contribution in [0.25, 0.3) is 22.2 Å². The van der Waals surface area contributed by atoms with Crippen LogP contribution in [0, 0.1) is 5.92 Å². The number of anilines is 1. The number of ether oxygens (including phenoxy) is 1. The molecular formula is C29H29N3O3S. The van der Waals surface area contributed by atoms with E-state index in [4.69, 9.17) is 15.5 Å². The third-order valence-corrected chi connectivity index (χ3v) is 8.05. The molecule has 4 aromatic rings. The van der Waals surface area contributed by atoms with Gasteiger partial charge in [0.15, 0.2) is 0 Å². The van der Waals surface area contributed by atoms with Gasteiger partial charge in [-0.15, -0.1) is 11.3 Å². The summed E-state index contributed by atoms with van der Waals surface area (Å²) < 4.78 is 5.27. The predicted molar refractivity (Wildman–Crippen MR) is 145 cm³/mol. The molecular weight excluding hydrogens is 470 g/mol. The van der Waals surface area contributed by atoms with E-state index >= 15 is 0 Å². The van der Waals surface area contributed by atoms with Gasteiger partial charge in [-0.25, -0.2) is 4.98 Å². The largest absolute Gasteiger partial charge is 0.497 e. The lowest BCUT2D eigenvalue weighted by Gasteiger charge is -2.21. The molecule has 0 radical (unpaired) electrons. The second kappa shape index (κ2) is 10.1. The number of methoxy groups -OCH3 is 1. The first-order valence-electron chi connectivity index (χ1n) is 12.3. The van der Waals surface area contributed by atoms with Crippen LogP contribution in [0.5, 0.6) is 5.75 Å². The Morgan fingerprint density at radius 3 is 2.67 bits per heavy atom. The average Bonchev–Trinajstić information content (AvgIpc) is 3.25. The summed E-state index contributed by atoms with van der Waals surface area (Å²) in [5, 5.41) is 4.32. The number of thiophene rings is 1. The molecule has 0 spiro atoms. The number of carbonyl (C=O) groups excluding carboxylic acids is 2. The maximum absolute atomic E-state index is 13.7. The van der Waals surface area contributed by atoms with E-state index < -0.39 is 5.91 Å². The van der Waals surface area contributed by atoms with Crippen LogP contribution in [0.2, 0.25) is 0 Å². The fraction of sp³-hybridized carbons (Fsp3) is 0.276. The SMILES string of the molecule is CCC[C@H]1CCc2c(sc(NC(=O)c3cc(-c4ccc(OC)cc4)nc4ccccc34)c2C(N)=O)C1.